The number of aliphatic hydroxyl groups excluding tert-OH is 1. The van der Waals surface area contributed by atoms with E-state index >= 15 is 0 Å². The van der Waals surface area contributed by atoms with Gasteiger partial charge >= 0.3 is 5.97 Å². The van der Waals surface area contributed by atoms with Crippen molar-refractivity contribution in [1.82, 2.24) is 10.0 Å². The first-order chi connectivity index (χ1) is 9.77. The van der Waals surface area contributed by atoms with Gasteiger partial charge in [0.05, 0.1) is 4.90 Å². The van der Waals surface area contributed by atoms with E-state index in [1.54, 1.807) is 0 Å². The van der Waals surface area contributed by atoms with Gasteiger partial charge in [0.1, 0.15) is 0 Å². The third kappa shape index (κ3) is 4.81. The molecule has 0 unspecified atom stereocenters. The molecule has 0 heterocycles. The minimum atomic E-state index is -3.82. The van der Waals surface area contributed by atoms with Crippen LogP contribution >= 0.6 is 0 Å². The molecule has 0 saturated heterocycles. The van der Waals surface area contributed by atoms with Gasteiger partial charge in [-0.25, -0.2) is 17.9 Å². The standard InChI is InChI=1S/C12H16N2O6S/c1-13-11(16)8-2-4-9(5-3-8)21(19,20)14-7-6-10(15)12(17)18/h2-5,10,14-15H,6-7H2,1H3,(H,13,16)(H,17,18)/t10-/m0/s1. The predicted molar refractivity (Wildman–Crippen MR) is 73.3 cm³/mol. The second kappa shape index (κ2) is 7.16. The fourth-order valence-corrected chi connectivity index (χ4v) is 2.51. The van der Waals surface area contributed by atoms with E-state index in [4.69, 9.17) is 10.2 Å². The van der Waals surface area contributed by atoms with Crippen LogP contribution in [0.3, 0.4) is 0 Å². The van der Waals surface area contributed by atoms with Crippen molar-refractivity contribution in [3.63, 3.8) is 0 Å². The molecule has 0 spiro atoms. The van der Waals surface area contributed by atoms with Gasteiger partial charge in [-0.1, -0.05) is 0 Å². The zero-order chi connectivity index (χ0) is 16.0. The minimum Gasteiger partial charge on any atom is -0.479 e. The molecule has 0 aromatic heterocycles. The summed E-state index contributed by atoms with van der Waals surface area (Å²) >= 11 is 0. The molecule has 9 heteroatoms. The molecule has 1 amide bonds. The summed E-state index contributed by atoms with van der Waals surface area (Å²) in [5.74, 6) is -1.75. The summed E-state index contributed by atoms with van der Waals surface area (Å²) in [4.78, 5) is 21.7. The van der Waals surface area contributed by atoms with Crippen LogP contribution in [0.15, 0.2) is 29.2 Å². The third-order valence-corrected chi connectivity index (χ3v) is 4.13. The molecule has 8 nitrogen and oxygen atoms in total. The van der Waals surface area contributed by atoms with Gasteiger partial charge in [-0.2, -0.15) is 0 Å². The molecule has 0 saturated carbocycles. The van der Waals surface area contributed by atoms with E-state index in [2.05, 4.69) is 10.0 Å². The van der Waals surface area contributed by atoms with Crippen molar-refractivity contribution in [3.05, 3.63) is 29.8 Å². The second-order valence-corrected chi connectivity index (χ2v) is 5.91. The highest BCUT2D eigenvalue weighted by molar-refractivity contribution is 7.89. The molecule has 1 atom stereocenters. The van der Waals surface area contributed by atoms with E-state index < -0.39 is 22.1 Å². The Hall–Kier alpha value is -1.97. The number of amides is 1. The Morgan fingerprint density at radius 3 is 2.29 bits per heavy atom. The van der Waals surface area contributed by atoms with Crippen molar-refractivity contribution < 1.29 is 28.2 Å². The van der Waals surface area contributed by atoms with E-state index in [0.29, 0.717) is 5.56 Å². The number of benzene rings is 1. The van der Waals surface area contributed by atoms with Gasteiger partial charge in [0.25, 0.3) is 5.91 Å². The van der Waals surface area contributed by atoms with E-state index in [0.717, 1.165) is 0 Å². The first-order valence-electron chi connectivity index (χ1n) is 6.00. The van der Waals surface area contributed by atoms with Crippen molar-refractivity contribution >= 4 is 21.9 Å². The molecule has 0 aliphatic rings. The van der Waals surface area contributed by atoms with Crippen LogP contribution in [0, 0.1) is 0 Å². The lowest BCUT2D eigenvalue weighted by Gasteiger charge is -2.09. The van der Waals surface area contributed by atoms with Crippen LogP contribution in [0.1, 0.15) is 16.8 Å². The highest BCUT2D eigenvalue weighted by Crippen LogP contribution is 2.10. The fraction of sp³-hybridized carbons (Fsp3) is 0.333. The number of nitrogens with one attached hydrogen (secondary N) is 2. The molecule has 0 bridgehead atoms. The lowest BCUT2D eigenvalue weighted by Crippen LogP contribution is -2.30. The third-order valence-electron chi connectivity index (χ3n) is 2.65. The van der Waals surface area contributed by atoms with Crippen LogP contribution in [0.2, 0.25) is 0 Å². The molecular weight excluding hydrogens is 300 g/mol. The second-order valence-electron chi connectivity index (χ2n) is 4.14. The molecule has 1 aromatic carbocycles. The topological polar surface area (TPSA) is 133 Å². The smallest absolute Gasteiger partial charge is 0.332 e. The van der Waals surface area contributed by atoms with Crippen LogP contribution in [0.25, 0.3) is 0 Å². The van der Waals surface area contributed by atoms with Gasteiger partial charge in [-0.3, -0.25) is 4.79 Å². The molecular formula is C12H16N2O6S. The first-order valence-corrected chi connectivity index (χ1v) is 7.49. The van der Waals surface area contributed by atoms with Crippen LogP contribution in [0.4, 0.5) is 0 Å². The summed E-state index contributed by atoms with van der Waals surface area (Å²) in [7, 11) is -2.36. The average Bonchev–Trinajstić information content (AvgIpc) is 2.46. The average molecular weight is 316 g/mol. The van der Waals surface area contributed by atoms with Gasteiger partial charge in [-0.15, -0.1) is 0 Å². The Kier molecular flexibility index (Phi) is 5.82. The maximum absolute atomic E-state index is 11.9. The minimum absolute atomic E-state index is 0.0556. The molecule has 1 aromatic rings. The zero-order valence-electron chi connectivity index (χ0n) is 11.2. The molecule has 1 rings (SSSR count). The van der Waals surface area contributed by atoms with Crippen LogP contribution in [-0.2, 0) is 14.8 Å². The Morgan fingerprint density at radius 1 is 1.24 bits per heavy atom. The summed E-state index contributed by atoms with van der Waals surface area (Å²) in [5.41, 5.74) is 0.317. The fourth-order valence-electron chi connectivity index (χ4n) is 1.47. The largest absolute Gasteiger partial charge is 0.479 e. The van der Waals surface area contributed by atoms with Gasteiger partial charge in [-0.05, 0) is 30.7 Å². The summed E-state index contributed by atoms with van der Waals surface area (Å²) in [6.45, 7) is -0.215. The van der Waals surface area contributed by atoms with Crippen molar-refractivity contribution in [2.75, 3.05) is 13.6 Å². The number of carbonyl (C=O) groups is 2. The maximum Gasteiger partial charge on any atom is 0.332 e. The maximum atomic E-state index is 11.9. The number of hydrogen-bond acceptors (Lipinski definition) is 5. The van der Waals surface area contributed by atoms with Crippen molar-refractivity contribution in [2.45, 2.75) is 17.4 Å². The van der Waals surface area contributed by atoms with Gasteiger partial charge < -0.3 is 15.5 Å². The van der Waals surface area contributed by atoms with Crippen molar-refractivity contribution in [2.24, 2.45) is 0 Å². The quantitative estimate of drug-likeness (QED) is 0.518. The van der Waals surface area contributed by atoms with Gasteiger partial charge in [0, 0.05) is 19.2 Å². The Morgan fingerprint density at radius 2 is 1.81 bits per heavy atom. The van der Waals surface area contributed by atoms with E-state index in [1.165, 1.54) is 31.3 Å². The number of carboxylic acid groups (broad SMARTS) is 1. The summed E-state index contributed by atoms with van der Waals surface area (Å²) in [6, 6.07) is 5.25. The van der Waals surface area contributed by atoms with Crippen LogP contribution in [0.5, 0.6) is 0 Å². The normalized spacial score (nSPS) is 12.7. The SMILES string of the molecule is CNC(=O)c1ccc(S(=O)(=O)NCC[C@H](O)C(=O)O)cc1. The monoisotopic (exact) mass is 316 g/mol. The number of aliphatic hydroxyl groups is 1. The van der Waals surface area contributed by atoms with Crippen LogP contribution in [-0.4, -0.2) is 50.2 Å². The number of carboxylic acids is 1. The first kappa shape index (κ1) is 17.1. The van der Waals surface area contributed by atoms with Crippen molar-refractivity contribution in [3.8, 4) is 0 Å². The highest BCUT2D eigenvalue weighted by atomic mass is 32.2. The Bertz CT molecular complexity index is 611. The summed E-state index contributed by atoms with van der Waals surface area (Å²) in [6.07, 6.45) is -1.87. The Labute approximate surface area is 121 Å². The molecule has 116 valence electrons. The van der Waals surface area contributed by atoms with E-state index in [-0.39, 0.29) is 23.8 Å². The summed E-state index contributed by atoms with van der Waals surface area (Å²) < 4.78 is 26.0. The van der Waals surface area contributed by atoms with Gasteiger partial charge in [0.2, 0.25) is 10.0 Å². The van der Waals surface area contributed by atoms with E-state index in [1.807, 2.05) is 0 Å². The number of aliphatic carboxylic acids is 1. The van der Waals surface area contributed by atoms with Crippen molar-refractivity contribution in [1.29, 1.82) is 0 Å². The molecule has 0 fully saturated rings. The molecule has 0 aliphatic carbocycles. The Balaban J connectivity index is 2.70. The highest BCUT2D eigenvalue weighted by Gasteiger charge is 2.17. The van der Waals surface area contributed by atoms with Gasteiger partial charge in [0.15, 0.2) is 6.10 Å². The molecule has 21 heavy (non-hydrogen) atoms. The molecule has 4 N–H and O–H groups in total. The number of rotatable bonds is 7. The number of carbonyl (C=O) groups excluding carboxylic acids is 1. The number of sulfonamides is 1. The lowest BCUT2D eigenvalue weighted by atomic mass is 10.2. The predicted octanol–water partition coefficient (Wildman–Crippen LogP) is -0.840. The summed E-state index contributed by atoms with van der Waals surface area (Å²) in [5, 5.41) is 19.9. The molecule has 0 radical (unpaired) electrons. The zero-order valence-corrected chi connectivity index (χ0v) is 12.1. The number of hydrogen-bond donors (Lipinski definition) is 4. The van der Waals surface area contributed by atoms with E-state index in [9.17, 15) is 18.0 Å². The van der Waals surface area contributed by atoms with Crippen LogP contribution < -0.4 is 10.0 Å². The lowest BCUT2D eigenvalue weighted by molar-refractivity contribution is -0.146. The molecule has 0 aliphatic heterocycles.